The van der Waals surface area contributed by atoms with E-state index in [2.05, 4.69) is 15.8 Å². The molecule has 3 rings (SSSR count). The van der Waals surface area contributed by atoms with Crippen molar-refractivity contribution in [2.45, 2.75) is 76.6 Å². The highest BCUT2D eigenvalue weighted by molar-refractivity contribution is 5.91. The van der Waals surface area contributed by atoms with E-state index < -0.39 is 6.04 Å². The number of benzene rings is 1. The van der Waals surface area contributed by atoms with Gasteiger partial charge in [0.05, 0.1) is 18.3 Å². The Morgan fingerprint density at radius 3 is 2.61 bits per heavy atom. The first-order chi connectivity index (χ1) is 15.1. The molecule has 7 heteroatoms. The lowest BCUT2D eigenvalue weighted by Crippen LogP contribution is -2.56. The van der Waals surface area contributed by atoms with Crippen LogP contribution >= 0.6 is 0 Å². The third kappa shape index (κ3) is 6.53. The normalized spacial score (nSPS) is 21.7. The molecule has 0 bridgehead atoms. The van der Waals surface area contributed by atoms with Gasteiger partial charge in [-0.3, -0.25) is 9.59 Å². The number of nitrogens with zero attached hydrogens (tertiary/aromatic N) is 2. The highest BCUT2D eigenvalue weighted by atomic mass is 16.6. The quantitative estimate of drug-likeness (QED) is 0.468. The molecule has 170 valence electrons. The monoisotopic (exact) mass is 428 g/mol. The zero-order valence-corrected chi connectivity index (χ0v) is 18.8. The van der Waals surface area contributed by atoms with Crippen LogP contribution in [0.25, 0.3) is 0 Å². The first-order valence-corrected chi connectivity index (χ1v) is 11.6. The van der Waals surface area contributed by atoms with Crippen molar-refractivity contribution in [3.05, 3.63) is 35.9 Å². The molecule has 3 atom stereocenters. The molecule has 1 aromatic rings. The van der Waals surface area contributed by atoms with Crippen LogP contribution in [0.2, 0.25) is 0 Å². The predicted molar refractivity (Wildman–Crippen MR) is 121 cm³/mol. The fourth-order valence-corrected chi connectivity index (χ4v) is 4.46. The standard InChI is InChI=1S/C24H36N4O3/c1-18(25-2)23(29)27-22(20-12-7-4-8-13-20)24(30)28-15-9-14-21(28)16-26-31-17-19-10-5-3-6-11-19/h3,5-6,10-11,16,18,20-22,25H,4,7-9,12-15,17H2,1-2H3,(H,27,29)/b26-16+/t18-,21?,22-/m0/s1. The molecule has 0 radical (unpaired) electrons. The largest absolute Gasteiger partial charge is 0.391 e. The molecular formula is C24H36N4O3. The van der Waals surface area contributed by atoms with Crippen molar-refractivity contribution >= 4 is 18.0 Å². The van der Waals surface area contributed by atoms with E-state index in [1.165, 1.54) is 6.42 Å². The fourth-order valence-electron chi connectivity index (χ4n) is 4.46. The molecule has 1 heterocycles. The summed E-state index contributed by atoms with van der Waals surface area (Å²) in [6, 6.07) is 8.99. The number of hydrogen-bond donors (Lipinski definition) is 2. The summed E-state index contributed by atoms with van der Waals surface area (Å²) in [6.07, 6.45) is 8.93. The minimum Gasteiger partial charge on any atom is -0.391 e. The van der Waals surface area contributed by atoms with Gasteiger partial charge in [0.25, 0.3) is 0 Å². The van der Waals surface area contributed by atoms with Crippen LogP contribution in [-0.2, 0) is 21.0 Å². The van der Waals surface area contributed by atoms with Crippen LogP contribution in [0, 0.1) is 5.92 Å². The second-order valence-corrected chi connectivity index (χ2v) is 8.65. The second kappa shape index (κ2) is 11.8. The van der Waals surface area contributed by atoms with Crippen molar-refractivity contribution in [3.63, 3.8) is 0 Å². The Morgan fingerprint density at radius 1 is 1.16 bits per heavy atom. The minimum atomic E-state index is -0.470. The Labute approximate surface area is 185 Å². The summed E-state index contributed by atoms with van der Waals surface area (Å²) in [4.78, 5) is 33.5. The summed E-state index contributed by atoms with van der Waals surface area (Å²) < 4.78 is 0. The van der Waals surface area contributed by atoms with Gasteiger partial charge in [-0.05, 0) is 51.1 Å². The Balaban J connectivity index is 1.63. The maximum Gasteiger partial charge on any atom is 0.245 e. The van der Waals surface area contributed by atoms with Crippen molar-refractivity contribution in [2.75, 3.05) is 13.6 Å². The number of likely N-dealkylation sites (tertiary alicyclic amines) is 1. The van der Waals surface area contributed by atoms with Gasteiger partial charge in [-0.1, -0.05) is 54.8 Å². The molecule has 0 aromatic heterocycles. The summed E-state index contributed by atoms with van der Waals surface area (Å²) in [5.74, 6) is 0.0874. The van der Waals surface area contributed by atoms with Gasteiger partial charge in [0.2, 0.25) is 11.8 Å². The van der Waals surface area contributed by atoms with E-state index in [-0.39, 0.29) is 29.8 Å². The van der Waals surface area contributed by atoms with Crippen LogP contribution in [0.3, 0.4) is 0 Å². The Kier molecular flexibility index (Phi) is 8.88. The first kappa shape index (κ1) is 23.3. The van der Waals surface area contributed by atoms with Gasteiger partial charge >= 0.3 is 0 Å². The lowest BCUT2D eigenvalue weighted by atomic mass is 9.83. The van der Waals surface area contributed by atoms with Crippen LogP contribution in [0.15, 0.2) is 35.5 Å². The molecule has 0 spiro atoms. The molecule has 2 amide bonds. The van der Waals surface area contributed by atoms with E-state index in [0.717, 1.165) is 44.1 Å². The molecule has 2 fully saturated rings. The molecule has 1 saturated heterocycles. The van der Waals surface area contributed by atoms with Crippen molar-refractivity contribution in [1.29, 1.82) is 0 Å². The van der Waals surface area contributed by atoms with Crippen molar-refractivity contribution in [1.82, 2.24) is 15.5 Å². The smallest absolute Gasteiger partial charge is 0.245 e. The maximum absolute atomic E-state index is 13.5. The van der Waals surface area contributed by atoms with Gasteiger partial charge in [0.15, 0.2) is 0 Å². The summed E-state index contributed by atoms with van der Waals surface area (Å²) >= 11 is 0. The van der Waals surface area contributed by atoms with Crippen molar-refractivity contribution in [3.8, 4) is 0 Å². The number of nitrogens with one attached hydrogen (secondary N) is 2. The second-order valence-electron chi connectivity index (χ2n) is 8.65. The van der Waals surface area contributed by atoms with E-state index >= 15 is 0 Å². The molecule has 2 aliphatic rings. The molecule has 1 aliphatic heterocycles. The number of carbonyl (C=O) groups is 2. The van der Waals surface area contributed by atoms with Crippen molar-refractivity contribution < 1.29 is 14.4 Å². The van der Waals surface area contributed by atoms with Crippen LogP contribution in [-0.4, -0.2) is 54.6 Å². The predicted octanol–water partition coefficient (Wildman–Crippen LogP) is 2.85. The lowest BCUT2D eigenvalue weighted by molar-refractivity contribution is -0.138. The maximum atomic E-state index is 13.5. The van der Waals surface area contributed by atoms with Gasteiger partial charge in [0, 0.05) is 6.54 Å². The molecular weight excluding hydrogens is 392 g/mol. The van der Waals surface area contributed by atoms with Crippen LogP contribution in [0.1, 0.15) is 57.4 Å². The van der Waals surface area contributed by atoms with Gasteiger partial charge in [-0.15, -0.1) is 0 Å². The number of rotatable bonds is 9. The van der Waals surface area contributed by atoms with Gasteiger partial charge in [-0.2, -0.15) is 0 Å². The SMILES string of the molecule is CN[C@@H](C)C(=O)N[C@H](C(=O)N1CCCC1/C=N/OCc1ccccc1)C1CCCCC1. The summed E-state index contributed by atoms with van der Waals surface area (Å²) in [6.45, 7) is 2.91. The van der Waals surface area contributed by atoms with Gasteiger partial charge in [0.1, 0.15) is 12.6 Å². The molecule has 1 aliphatic carbocycles. The number of oxime groups is 1. The average molecular weight is 429 g/mol. The topological polar surface area (TPSA) is 83.0 Å². The average Bonchev–Trinajstić information content (AvgIpc) is 3.29. The van der Waals surface area contributed by atoms with Gasteiger partial charge in [-0.25, -0.2) is 0 Å². The number of likely N-dealkylation sites (N-methyl/N-ethyl adjacent to an activating group) is 1. The number of carbonyl (C=O) groups excluding carboxylic acids is 2. The molecule has 1 unspecified atom stereocenters. The zero-order valence-electron chi connectivity index (χ0n) is 18.8. The van der Waals surface area contributed by atoms with E-state index in [1.54, 1.807) is 13.3 Å². The van der Waals surface area contributed by atoms with Gasteiger partial charge < -0.3 is 20.4 Å². The van der Waals surface area contributed by atoms with Crippen molar-refractivity contribution in [2.24, 2.45) is 11.1 Å². The molecule has 7 nitrogen and oxygen atoms in total. The van der Waals surface area contributed by atoms with E-state index in [9.17, 15) is 9.59 Å². The van der Waals surface area contributed by atoms with Crippen LogP contribution < -0.4 is 10.6 Å². The molecule has 1 aromatic carbocycles. The van der Waals surface area contributed by atoms with Crippen LogP contribution in [0.5, 0.6) is 0 Å². The number of hydrogen-bond acceptors (Lipinski definition) is 5. The highest BCUT2D eigenvalue weighted by Gasteiger charge is 2.38. The first-order valence-electron chi connectivity index (χ1n) is 11.6. The zero-order chi connectivity index (χ0) is 22.1. The Hall–Kier alpha value is -2.41. The fraction of sp³-hybridized carbons (Fsp3) is 0.625. The Morgan fingerprint density at radius 2 is 1.90 bits per heavy atom. The van der Waals surface area contributed by atoms with Crippen LogP contribution in [0.4, 0.5) is 0 Å². The molecule has 31 heavy (non-hydrogen) atoms. The summed E-state index contributed by atoms with van der Waals surface area (Å²) in [5, 5.41) is 10.2. The third-order valence-electron chi connectivity index (χ3n) is 6.48. The lowest BCUT2D eigenvalue weighted by Gasteiger charge is -2.34. The third-order valence-corrected chi connectivity index (χ3v) is 6.48. The number of amides is 2. The minimum absolute atomic E-state index is 0.0144. The van der Waals surface area contributed by atoms with E-state index in [0.29, 0.717) is 13.2 Å². The van der Waals surface area contributed by atoms with E-state index in [4.69, 9.17) is 4.84 Å². The highest BCUT2D eigenvalue weighted by Crippen LogP contribution is 2.29. The Bertz CT molecular complexity index is 734. The van der Waals surface area contributed by atoms with E-state index in [1.807, 2.05) is 42.2 Å². The summed E-state index contributed by atoms with van der Waals surface area (Å²) in [5.41, 5.74) is 1.05. The molecule has 2 N–H and O–H groups in total. The molecule has 1 saturated carbocycles. The summed E-state index contributed by atoms with van der Waals surface area (Å²) in [7, 11) is 1.75.